The average molecular weight is 309 g/mol. The van der Waals surface area contributed by atoms with Crippen molar-refractivity contribution in [3.05, 3.63) is 24.3 Å². The van der Waals surface area contributed by atoms with Gasteiger partial charge in [-0.2, -0.15) is 18.0 Å². The predicted molar refractivity (Wildman–Crippen MR) is 80.1 cm³/mol. The molecule has 0 saturated carbocycles. The van der Waals surface area contributed by atoms with Gasteiger partial charge in [-0.05, 0) is 43.0 Å². The van der Waals surface area contributed by atoms with Gasteiger partial charge in [0.2, 0.25) is 0 Å². The fourth-order valence-electron chi connectivity index (χ4n) is 2.17. The molecule has 0 unspecified atom stereocenters. The van der Waals surface area contributed by atoms with Crippen molar-refractivity contribution >= 4 is 15.9 Å². The molecule has 7 heteroatoms. The lowest BCUT2D eigenvalue weighted by molar-refractivity contribution is 0.289. The van der Waals surface area contributed by atoms with Gasteiger partial charge in [-0.15, -0.1) is 0 Å². The predicted octanol–water partition coefficient (Wildman–Crippen LogP) is 1.98. The second-order valence-corrected chi connectivity index (χ2v) is 6.83. The van der Waals surface area contributed by atoms with E-state index < -0.39 is 10.2 Å². The Bertz CT molecular complexity index is 599. The number of piperidine rings is 1. The van der Waals surface area contributed by atoms with Gasteiger partial charge in [-0.25, -0.2) is 0 Å². The Balaban J connectivity index is 1.98. The van der Waals surface area contributed by atoms with Gasteiger partial charge in [0, 0.05) is 13.1 Å². The summed E-state index contributed by atoms with van der Waals surface area (Å²) in [5.74, 6) is 1.11. The molecule has 1 aliphatic rings. The van der Waals surface area contributed by atoms with Crippen LogP contribution in [-0.4, -0.2) is 32.4 Å². The van der Waals surface area contributed by atoms with Gasteiger partial charge < -0.3 is 4.74 Å². The lowest BCUT2D eigenvalue weighted by Crippen LogP contribution is -2.41. The summed E-state index contributed by atoms with van der Waals surface area (Å²) in [7, 11) is -3.50. The van der Waals surface area contributed by atoms with Gasteiger partial charge in [-0.1, -0.05) is 6.92 Å². The molecular weight excluding hydrogens is 290 g/mol. The van der Waals surface area contributed by atoms with Crippen LogP contribution in [0.5, 0.6) is 5.75 Å². The van der Waals surface area contributed by atoms with Crippen molar-refractivity contribution in [1.29, 1.82) is 5.26 Å². The number of nitrogens with one attached hydrogen (secondary N) is 1. The first-order valence-corrected chi connectivity index (χ1v) is 8.33. The van der Waals surface area contributed by atoms with Crippen LogP contribution in [0.4, 0.5) is 5.69 Å². The lowest BCUT2D eigenvalue weighted by Gasteiger charge is -2.29. The third kappa shape index (κ3) is 4.34. The summed E-state index contributed by atoms with van der Waals surface area (Å²) in [6.07, 6.45) is 1.78. The molecule has 1 aromatic rings. The van der Waals surface area contributed by atoms with Crippen molar-refractivity contribution in [2.45, 2.75) is 19.8 Å². The number of rotatable bonds is 5. The van der Waals surface area contributed by atoms with Crippen molar-refractivity contribution in [2.24, 2.45) is 5.92 Å². The van der Waals surface area contributed by atoms with Crippen LogP contribution >= 0.6 is 0 Å². The third-order valence-corrected chi connectivity index (χ3v) is 5.03. The number of ether oxygens (including phenoxy) is 1. The molecule has 0 spiro atoms. The number of hydrogen-bond acceptors (Lipinski definition) is 4. The van der Waals surface area contributed by atoms with Gasteiger partial charge in [0.25, 0.3) is 0 Å². The number of anilines is 1. The summed E-state index contributed by atoms with van der Waals surface area (Å²) in [6, 6.07) is 8.38. The summed E-state index contributed by atoms with van der Waals surface area (Å²) < 4.78 is 33.7. The van der Waals surface area contributed by atoms with Gasteiger partial charge in [0.15, 0.2) is 6.61 Å². The normalized spacial score (nSPS) is 17.1. The molecule has 1 aromatic carbocycles. The second kappa shape index (κ2) is 6.78. The molecule has 2 rings (SSSR count). The average Bonchev–Trinajstić information content (AvgIpc) is 2.47. The highest BCUT2D eigenvalue weighted by molar-refractivity contribution is 7.90. The summed E-state index contributed by atoms with van der Waals surface area (Å²) in [5.41, 5.74) is 0.484. The van der Waals surface area contributed by atoms with E-state index in [2.05, 4.69) is 11.6 Å². The minimum absolute atomic E-state index is 0.0307. The van der Waals surface area contributed by atoms with Crippen LogP contribution < -0.4 is 9.46 Å². The Kier molecular flexibility index (Phi) is 5.04. The Morgan fingerprint density at radius 1 is 1.33 bits per heavy atom. The number of hydrogen-bond donors (Lipinski definition) is 1. The first-order chi connectivity index (χ1) is 10.0. The van der Waals surface area contributed by atoms with E-state index >= 15 is 0 Å². The number of nitriles is 1. The van der Waals surface area contributed by atoms with Gasteiger partial charge >= 0.3 is 10.2 Å². The van der Waals surface area contributed by atoms with Crippen molar-refractivity contribution in [1.82, 2.24) is 4.31 Å². The highest BCUT2D eigenvalue weighted by Crippen LogP contribution is 2.21. The molecule has 0 aliphatic carbocycles. The van der Waals surface area contributed by atoms with E-state index in [1.54, 1.807) is 24.3 Å². The van der Waals surface area contributed by atoms with Crippen molar-refractivity contribution in [3.63, 3.8) is 0 Å². The molecule has 0 radical (unpaired) electrons. The zero-order valence-electron chi connectivity index (χ0n) is 11.9. The number of nitrogens with zero attached hydrogens (tertiary/aromatic N) is 2. The first kappa shape index (κ1) is 15.6. The summed E-state index contributed by atoms with van der Waals surface area (Å²) in [4.78, 5) is 0. The van der Waals surface area contributed by atoms with Crippen molar-refractivity contribution < 1.29 is 13.2 Å². The van der Waals surface area contributed by atoms with Crippen LogP contribution in [-0.2, 0) is 10.2 Å². The Labute approximate surface area is 125 Å². The summed E-state index contributed by atoms with van der Waals surface area (Å²) in [5, 5.41) is 8.43. The Hall–Kier alpha value is -1.78. The summed E-state index contributed by atoms with van der Waals surface area (Å²) in [6.45, 7) is 3.22. The van der Waals surface area contributed by atoms with Crippen LogP contribution in [0, 0.1) is 17.2 Å². The topological polar surface area (TPSA) is 82.4 Å². The molecule has 21 heavy (non-hydrogen) atoms. The molecule has 6 nitrogen and oxygen atoms in total. The fourth-order valence-corrected chi connectivity index (χ4v) is 3.43. The standard InChI is InChI=1S/C14H19N3O3S/c1-12-6-9-17(10-7-12)21(18,19)16-13-2-4-14(5-3-13)20-11-8-15/h2-5,12,16H,6-7,9-11H2,1H3. The Morgan fingerprint density at radius 3 is 2.52 bits per heavy atom. The molecule has 1 N–H and O–H groups in total. The largest absolute Gasteiger partial charge is 0.479 e. The molecule has 1 fully saturated rings. The lowest BCUT2D eigenvalue weighted by atomic mass is 10.0. The van der Waals surface area contributed by atoms with Crippen LogP contribution in [0.15, 0.2) is 24.3 Å². The van der Waals surface area contributed by atoms with E-state index in [9.17, 15) is 8.42 Å². The molecule has 0 amide bonds. The molecule has 0 aromatic heterocycles. The maximum atomic E-state index is 12.3. The van der Waals surface area contributed by atoms with E-state index in [1.807, 2.05) is 6.07 Å². The van der Waals surface area contributed by atoms with E-state index in [4.69, 9.17) is 10.00 Å². The van der Waals surface area contributed by atoms with Gasteiger partial charge in [0.1, 0.15) is 11.8 Å². The van der Waals surface area contributed by atoms with E-state index in [0.717, 1.165) is 12.8 Å². The van der Waals surface area contributed by atoms with E-state index in [1.165, 1.54) is 4.31 Å². The first-order valence-electron chi connectivity index (χ1n) is 6.89. The fraction of sp³-hybridized carbons (Fsp3) is 0.500. The van der Waals surface area contributed by atoms with Crippen LogP contribution in [0.1, 0.15) is 19.8 Å². The number of benzene rings is 1. The molecule has 0 atom stereocenters. The third-order valence-electron chi connectivity index (χ3n) is 3.49. The molecule has 1 saturated heterocycles. The van der Waals surface area contributed by atoms with Crippen LogP contribution in [0.3, 0.4) is 0 Å². The highest BCUT2D eigenvalue weighted by Gasteiger charge is 2.26. The van der Waals surface area contributed by atoms with E-state index in [-0.39, 0.29) is 6.61 Å². The molecular formula is C14H19N3O3S. The van der Waals surface area contributed by atoms with Gasteiger partial charge in [0.05, 0.1) is 5.69 Å². The minimum atomic E-state index is -3.50. The second-order valence-electron chi connectivity index (χ2n) is 5.16. The van der Waals surface area contributed by atoms with Crippen molar-refractivity contribution in [3.8, 4) is 11.8 Å². The summed E-state index contributed by atoms with van der Waals surface area (Å²) >= 11 is 0. The van der Waals surface area contributed by atoms with Crippen LogP contribution in [0.25, 0.3) is 0 Å². The van der Waals surface area contributed by atoms with E-state index in [0.29, 0.717) is 30.4 Å². The highest BCUT2D eigenvalue weighted by atomic mass is 32.2. The zero-order chi connectivity index (χ0) is 15.3. The quantitative estimate of drug-likeness (QED) is 0.901. The maximum Gasteiger partial charge on any atom is 0.301 e. The SMILES string of the molecule is CC1CCN(S(=O)(=O)Nc2ccc(OCC#N)cc2)CC1. The minimum Gasteiger partial charge on any atom is -0.479 e. The molecule has 1 aliphatic heterocycles. The molecule has 1 heterocycles. The van der Waals surface area contributed by atoms with Gasteiger partial charge in [-0.3, -0.25) is 4.72 Å². The van der Waals surface area contributed by atoms with Crippen molar-refractivity contribution in [2.75, 3.05) is 24.4 Å². The molecule has 114 valence electrons. The zero-order valence-corrected chi connectivity index (χ0v) is 12.8. The van der Waals surface area contributed by atoms with Crippen LogP contribution in [0.2, 0.25) is 0 Å². The Morgan fingerprint density at radius 2 is 1.95 bits per heavy atom. The smallest absolute Gasteiger partial charge is 0.301 e. The monoisotopic (exact) mass is 309 g/mol. The molecule has 0 bridgehead atoms. The maximum absolute atomic E-state index is 12.3.